The van der Waals surface area contributed by atoms with Crippen LogP contribution in [0.5, 0.6) is 5.88 Å². The molecule has 116 valence electrons. The van der Waals surface area contributed by atoms with E-state index in [-0.39, 0.29) is 22.5 Å². The van der Waals surface area contributed by atoms with Gasteiger partial charge in [0.2, 0.25) is 11.0 Å². The highest BCUT2D eigenvalue weighted by molar-refractivity contribution is 7.80. The molecule has 3 rings (SSSR count). The normalized spacial score (nSPS) is 11.2. The van der Waals surface area contributed by atoms with Crippen molar-refractivity contribution < 1.29 is 9.50 Å². The van der Waals surface area contributed by atoms with Gasteiger partial charge in [-0.1, -0.05) is 11.6 Å². The van der Waals surface area contributed by atoms with Crippen LogP contribution in [0.15, 0.2) is 52.7 Å². The van der Waals surface area contributed by atoms with Gasteiger partial charge in [-0.2, -0.15) is 0 Å². The fourth-order valence-corrected chi connectivity index (χ4v) is 2.34. The van der Waals surface area contributed by atoms with Gasteiger partial charge in [-0.05, 0) is 54.7 Å². The minimum atomic E-state index is -0.344. The molecule has 0 bridgehead atoms. The van der Waals surface area contributed by atoms with Crippen LogP contribution in [0.1, 0.15) is 0 Å². The first-order valence-corrected chi connectivity index (χ1v) is 7.30. The summed E-state index contributed by atoms with van der Waals surface area (Å²) < 4.78 is 12.8. The summed E-state index contributed by atoms with van der Waals surface area (Å²) in [4.78, 5) is 2.77. The van der Waals surface area contributed by atoms with Gasteiger partial charge in [0.15, 0.2) is 5.69 Å². The number of nitrogens with zero attached hydrogens (tertiary/aromatic N) is 2. The van der Waals surface area contributed by atoms with E-state index in [1.165, 1.54) is 24.3 Å². The predicted octanol–water partition coefficient (Wildman–Crippen LogP) is 5.15. The van der Waals surface area contributed by atoms with Crippen molar-refractivity contribution in [2.45, 2.75) is 0 Å². The molecule has 0 atom stereocenters. The lowest BCUT2D eigenvalue weighted by molar-refractivity contribution is 0.459. The third kappa shape index (κ3) is 3.46. The zero-order chi connectivity index (χ0) is 16.4. The molecule has 0 fully saturated rings. The quantitative estimate of drug-likeness (QED) is 0.443. The SMILES string of the molecule is Oc1[nH]c2ccc(Cl)cc2c1N=NC(=S)Nc1ccc(F)cc1. The Bertz CT molecular complexity index is 908. The number of hydrogen-bond acceptors (Lipinski definition) is 3. The van der Waals surface area contributed by atoms with Gasteiger partial charge in [0.05, 0.1) is 5.52 Å². The maximum absolute atomic E-state index is 12.8. The summed E-state index contributed by atoms with van der Waals surface area (Å²) in [7, 11) is 0. The topological polar surface area (TPSA) is 72.8 Å². The monoisotopic (exact) mass is 348 g/mol. The summed E-state index contributed by atoms with van der Waals surface area (Å²) in [6.07, 6.45) is 0. The molecule has 0 aliphatic rings. The summed E-state index contributed by atoms with van der Waals surface area (Å²) in [5.41, 5.74) is 1.51. The van der Waals surface area contributed by atoms with Crippen LogP contribution in [0.2, 0.25) is 5.02 Å². The van der Waals surface area contributed by atoms with Gasteiger partial charge in [-0.15, -0.1) is 10.2 Å². The summed E-state index contributed by atoms with van der Waals surface area (Å²) in [5.74, 6) is -0.473. The second-order valence-electron chi connectivity index (χ2n) is 4.65. The third-order valence-corrected chi connectivity index (χ3v) is 3.47. The number of nitrogens with one attached hydrogen (secondary N) is 2. The molecule has 0 radical (unpaired) electrons. The molecule has 0 spiro atoms. The number of thiocarbonyl (C=S) groups is 1. The fourth-order valence-electron chi connectivity index (χ4n) is 2.01. The van der Waals surface area contributed by atoms with Gasteiger partial charge in [-0.25, -0.2) is 4.39 Å². The Morgan fingerprint density at radius 3 is 2.70 bits per heavy atom. The predicted molar refractivity (Wildman–Crippen MR) is 92.1 cm³/mol. The Hall–Kier alpha value is -2.51. The molecule has 3 N–H and O–H groups in total. The van der Waals surface area contributed by atoms with Gasteiger partial charge in [0.25, 0.3) is 0 Å². The zero-order valence-corrected chi connectivity index (χ0v) is 13.1. The molecule has 0 saturated heterocycles. The molecular weight excluding hydrogens is 339 g/mol. The van der Waals surface area contributed by atoms with E-state index in [0.29, 0.717) is 21.6 Å². The van der Waals surface area contributed by atoms with Crippen LogP contribution in [-0.2, 0) is 0 Å². The number of hydrogen-bond donors (Lipinski definition) is 3. The molecule has 23 heavy (non-hydrogen) atoms. The zero-order valence-electron chi connectivity index (χ0n) is 11.5. The van der Waals surface area contributed by atoms with E-state index in [1.54, 1.807) is 18.2 Å². The van der Waals surface area contributed by atoms with E-state index in [4.69, 9.17) is 23.8 Å². The molecule has 0 saturated carbocycles. The minimum absolute atomic E-state index is 0.0763. The first kappa shape index (κ1) is 15.4. The summed E-state index contributed by atoms with van der Waals surface area (Å²) >= 11 is 11.0. The average Bonchev–Trinajstić information content (AvgIpc) is 2.82. The second kappa shape index (κ2) is 6.31. The molecular formula is C15H10ClFN4OS. The molecule has 5 nitrogen and oxygen atoms in total. The molecule has 2 aromatic carbocycles. The van der Waals surface area contributed by atoms with Crippen LogP contribution in [0, 0.1) is 5.82 Å². The largest absolute Gasteiger partial charge is 0.493 e. The Labute approximate surface area is 140 Å². The van der Waals surface area contributed by atoms with Crippen molar-refractivity contribution in [3.63, 3.8) is 0 Å². The summed E-state index contributed by atoms with van der Waals surface area (Å²) in [5, 5.41) is 21.7. The first-order valence-electron chi connectivity index (χ1n) is 6.51. The Balaban J connectivity index is 1.82. The smallest absolute Gasteiger partial charge is 0.218 e. The van der Waals surface area contributed by atoms with Gasteiger partial charge in [0, 0.05) is 16.1 Å². The number of rotatable bonds is 2. The lowest BCUT2D eigenvalue weighted by Gasteiger charge is -2.02. The summed E-state index contributed by atoms with van der Waals surface area (Å²) in [6, 6.07) is 10.7. The molecule has 1 heterocycles. The highest BCUT2D eigenvalue weighted by atomic mass is 35.5. The Kier molecular flexibility index (Phi) is 4.22. The van der Waals surface area contributed by atoms with E-state index in [1.807, 2.05) is 0 Å². The van der Waals surface area contributed by atoms with E-state index in [0.717, 1.165) is 0 Å². The van der Waals surface area contributed by atoms with Crippen LogP contribution in [-0.4, -0.2) is 15.2 Å². The van der Waals surface area contributed by atoms with E-state index >= 15 is 0 Å². The number of aromatic hydroxyl groups is 1. The van der Waals surface area contributed by atoms with Crippen molar-refractivity contribution >= 4 is 51.2 Å². The van der Waals surface area contributed by atoms with Crippen molar-refractivity contribution in [1.82, 2.24) is 4.98 Å². The van der Waals surface area contributed by atoms with Gasteiger partial charge >= 0.3 is 0 Å². The third-order valence-electron chi connectivity index (χ3n) is 3.05. The number of aromatic amines is 1. The first-order chi connectivity index (χ1) is 11.0. The van der Waals surface area contributed by atoms with Crippen LogP contribution >= 0.6 is 23.8 Å². The fraction of sp³-hybridized carbons (Fsp3) is 0. The van der Waals surface area contributed by atoms with Crippen molar-refractivity contribution in [3.8, 4) is 5.88 Å². The van der Waals surface area contributed by atoms with Crippen LogP contribution in [0.4, 0.5) is 15.8 Å². The maximum atomic E-state index is 12.8. The number of fused-ring (bicyclic) bond motifs is 1. The molecule has 3 aromatic rings. The average molecular weight is 349 g/mol. The van der Waals surface area contributed by atoms with Crippen LogP contribution < -0.4 is 5.32 Å². The van der Waals surface area contributed by atoms with E-state index < -0.39 is 0 Å². The minimum Gasteiger partial charge on any atom is -0.493 e. The standard InChI is InChI=1S/C15H10ClFN4OS/c16-8-1-6-12-11(7-8)13(14(22)19-12)20-21-15(23)18-10-4-2-9(17)3-5-10/h1-7,19,22H,(H,18,23). The lowest BCUT2D eigenvalue weighted by Crippen LogP contribution is -2.04. The molecule has 0 unspecified atom stereocenters. The van der Waals surface area contributed by atoms with Crippen molar-refractivity contribution in [2.75, 3.05) is 5.32 Å². The maximum Gasteiger partial charge on any atom is 0.218 e. The van der Waals surface area contributed by atoms with Crippen molar-refractivity contribution in [2.24, 2.45) is 10.2 Å². The molecule has 8 heteroatoms. The second-order valence-corrected chi connectivity index (χ2v) is 5.47. The van der Waals surface area contributed by atoms with Crippen LogP contribution in [0.3, 0.4) is 0 Å². The number of H-pyrrole nitrogens is 1. The molecule has 0 aliphatic heterocycles. The number of azo groups is 1. The lowest BCUT2D eigenvalue weighted by atomic mass is 10.2. The number of halogens is 2. The number of aromatic nitrogens is 1. The highest BCUT2D eigenvalue weighted by Crippen LogP contribution is 2.36. The Morgan fingerprint density at radius 1 is 1.22 bits per heavy atom. The summed E-state index contributed by atoms with van der Waals surface area (Å²) in [6.45, 7) is 0. The van der Waals surface area contributed by atoms with Gasteiger partial charge in [-0.3, -0.25) is 0 Å². The van der Waals surface area contributed by atoms with Gasteiger partial charge < -0.3 is 15.4 Å². The highest BCUT2D eigenvalue weighted by Gasteiger charge is 2.11. The molecule has 1 aromatic heterocycles. The van der Waals surface area contributed by atoms with Gasteiger partial charge in [0.1, 0.15) is 5.82 Å². The van der Waals surface area contributed by atoms with Crippen molar-refractivity contribution in [1.29, 1.82) is 0 Å². The Morgan fingerprint density at radius 2 is 1.96 bits per heavy atom. The number of anilines is 1. The van der Waals surface area contributed by atoms with E-state index in [2.05, 4.69) is 20.5 Å². The van der Waals surface area contributed by atoms with Crippen LogP contribution in [0.25, 0.3) is 10.9 Å². The molecule has 0 aliphatic carbocycles. The van der Waals surface area contributed by atoms with Crippen molar-refractivity contribution in [3.05, 3.63) is 53.3 Å². The molecule has 0 amide bonds. The number of benzene rings is 2. The van der Waals surface area contributed by atoms with E-state index in [9.17, 15) is 9.50 Å².